The highest BCUT2D eigenvalue weighted by atomic mass is 19.1. The fraction of sp³-hybridized carbons (Fsp3) is 0.192. The molecular weight excluding hydrogens is 451 g/mol. The van der Waals surface area contributed by atoms with Gasteiger partial charge in [-0.15, -0.1) is 0 Å². The molecule has 4 N–H and O–H groups in total. The topological polar surface area (TPSA) is 111 Å². The summed E-state index contributed by atoms with van der Waals surface area (Å²) in [5.74, 6) is -0.795. The molecule has 1 aliphatic heterocycles. The van der Waals surface area contributed by atoms with Crippen molar-refractivity contribution in [1.29, 1.82) is 0 Å². The largest absolute Gasteiger partial charge is 0.465 e. The summed E-state index contributed by atoms with van der Waals surface area (Å²) in [6, 6.07) is 17.9. The van der Waals surface area contributed by atoms with Crippen molar-refractivity contribution in [2.45, 2.75) is 25.4 Å². The van der Waals surface area contributed by atoms with Crippen LogP contribution in [0.5, 0.6) is 0 Å². The van der Waals surface area contributed by atoms with Crippen LogP contribution in [0, 0.1) is 5.82 Å². The van der Waals surface area contributed by atoms with Crippen LogP contribution >= 0.6 is 0 Å². The molecule has 0 saturated carbocycles. The van der Waals surface area contributed by atoms with Gasteiger partial charge in [-0.1, -0.05) is 42.5 Å². The number of fused-ring (bicyclic) bond motifs is 1. The van der Waals surface area contributed by atoms with E-state index in [4.69, 9.17) is 0 Å². The Morgan fingerprint density at radius 1 is 1.09 bits per heavy atom. The first-order valence-electron chi connectivity index (χ1n) is 11.1. The lowest BCUT2D eigenvalue weighted by Gasteiger charge is -2.26. The number of urea groups is 1. The van der Waals surface area contributed by atoms with Crippen LogP contribution in [-0.4, -0.2) is 36.2 Å². The highest BCUT2D eigenvalue weighted by Crippen LogP contribution is 2.31. The Labute approximate surface area is 201 Å². The summed E-state index contributed by atoms with van der Waals surface area (Å²) in [6.07, 6.45) is -0.672. The second kappa shape index (κ2) is 10.3. The van der Waals surface area contributed by atoms with Crippen molar-refractivity contribution in [1.82, 2.24) is 10.6 Å². The van der Waals surface area contributed by atoms with Crippen molar-refractivity contribution in [2.75, 3.05) is 17.3 Å². The number of nitrogens with zero attached hydrogens (tertiary/aromatic N) is 1. The van der Waals surface area contributed by atoms with Gasteiger partial charge in [0, 0.05) is 18.3 Å². The molecule has 0 unspecified atom stereocenters. The first kappa shape index (κ1) is 23.7. The van der Waals surface area contributed by atoms with Crippen molar-refractivity contribution in [3.63, 3.8) is 0 Å². The van der Waals surface area contributed by atoms with Crippen molar-refractivity contribution >= 4 is 29.4 Å². The lowest BCUT2D eigenvalue weighted by Crippen LogP contribution is -2.47. The average molecular weight is 477 g/mol. The zero-order valence-corrected chi connectivity index (χ0v) is 19.0. The predicted octanol–water partition coefficient (Wildman–Crippen LogP) is 4.36. The highest BCUT2D eigenvalue weighted by molar-refractivity contribution is 6.00. The van der Waals surface area contributed by atoms with Gasteiger partial charge in [0.1, 0.15) is 11.9 Å². The molecule has 0 saturated heterocycles. The summed E-state index contributed by atoms with van der Waals surface area (Å²) in [5.41, 5.74) is 4.39. The second-order valence-corrected chi connectivity index (χ2v) is 8.18. The van der Waals surface area contributed by atoms with Gasteiger partial charge in [-0.3, -0.25) is 4.79 Å². The number of nitrogens with one attached hydrogen (secondary N) is 3. The first-order valence-corrected chi connectivity index (χ1v) is 11.1. The molecule has 180 valence electrons. The van der Waals surface area contributed by atoms with Gasteiger partial charge in [0.2, 0.25) is 5.91 Å². The Morgan fingerprint density at radius 3 is 2.54 bits per heavy atom. The molecule has 3 aromatic rings. The molecule has 1 atom stereocenters. The molecule has 8 nitrogen and oxygen atoms in total. The standard InChI is InChI=1S/C26H25FN4O4/c1-28-25(33)29-21-5-3-2-4-20(21)17-8-6-16(7-9-17)15-31-23-13-11-19(27)14-18(23)10-12-22(24(31)32)30-26(34)35/h2-9,11,13-14,22,30H,10,12,15H2,1H3,(H,34,35)(H2,28,29,33)/t22-/m1/s1. The van der Waals surface area contributed by atoms with E-state index < -0.39 is 18.0 Å². The van der Waals surface area contributed by atoms with Crippen LogP contribution in [0.3, 0.4) is 0 Å². The number of carbonyl (C=O) groups excluding carboxylic acids is 2. The summed E-state index contributed by atoms with van der Waals surface area (Å²) < 4.78 is 13.9. The molecule has 0 spiro atoms. The Balaban J connectivity index is 1.62. The minimum absolute atomic E-state index is 0.188. The Kier molecular flexibility index (Phi) is 6.96. The first-order chi connectivity index (χ1) is 16.9. The fourth-order valence-corrected chi connectivity index (χ4v) is 4.19. The van der Waals surface area contributed by atoms with E-state index in [1.165, 1.54) is 17.0 Å². The maximum atomic E-state index is 13.9. The normalized spacial score (nSPS) is 15.1. The highest BCUT2D eigenvalue weighted by Gasteiger charge is 2.31. The molecule has 35 heavy (non-hydrogen) atoms. The number of carbonyl (C=O) groups is 3. The van der Waals surface area contributed by atoms with Crippen LogP contribution < -0.4 is 20.9 Å². The van der Waals surface area contributed by atoms with Gasteiger partial charge in [-0.05, 0) is 53.8 Å². The Hall–Kier alpha value is -4.40. The Morgan fingerprint density at radius 2 is 1.83 bits per heavy atom. The number of anilines is 2. The van der Waals surface area contributed by atoms with E-state index in [9.17, 15) is 23.9 Å². The molecule has 0 bridgehead atoms. The quantitative estimate of drug-likeness (QED) is 0.439. The van der Waals surface area contributed by atoms with E-state index in [1.807, 2.05) is 42.5 Å². The van der Waals surface area contributed by atoms with Gasteiger partial charge < -0.3 is 26.0 Å². The van der Waals surface area contributed by atoms with E-state index in [1.54, 1.807) is 19.2 Å². The van der Waals surface area contributed by atoms with Gasteiger partial charge in [0.15, 0.2) is 0 Å². The molecule has 1 aliphatic rings. The zero-order chi connectivity index (χ0) is 24.9. The van der Waals surface area contributed by atoms with Crippen molar-refractivity contribution in [3.8, 4) is 11.1 Å². The van der Waals surface area contributed by atoms with Gasteiger partial charge in [-0.2, -0.15) is 0 Å². The summed E-state index contributed by atoms with van der Waals surface area (Å²) in [7, 11) is 1.54. The number of hydrogen-bond donors (Lipinski definition) is 4. The van der Waals surface area contributed by atoms with Gasteiger partial charge >= 0.3 is 12.1 Å². The van der Waals surface area contributed by atoms with E-state index in [0.29, 0.717) is 23.4 Å². The summed E-state index contributed by atoms with van der Waals surface area (Å²) in [6.45, 7) is 0.188. The maximum absolute atomic E-state index is 13.9. The van der Waals surface area contributed by atoms with Crippen molar-refractivity contribution < 1.29 is 23.9 Å². The van der Waals surface area contributed by atoms with Crippen LogP contribution in [-0.2, 0) is 17.8 Å². The van der Waals surface area contributed by atoms with Crippen LogP contribution in [0.15, 0.2) is 66.7 Å². The van der Waals surface area contributed by atoms with E-state index in [-0.39, 0.29) is 24.9 Å². The molecule has 9 heteroatoms. The summed E-state index contributed by atoms with van der Waals surface area (Å²) >= 11 is 0. The molecule has 0 radical (unpaired) electrons. The van der Waals surface area contributed by atoms with Gasteiger partial charge in [-0.25, -0.2) is 14.0 Å². The van der Waals surface area contributed by atoms with Crippen LogP contribution in [0.2, 0.25) is 0 Å². The van der Waals surface area contributed by atoms with E-state index >= 15 is 0 Å². The number of benzene rings is 3. The fourth-order valence-electron chi connectivity index (χ4n) is 4.19. The molecular formula is C26H25FN4O4. The van der Waals surface area contributed by atoms with Crippen molar-refractivity contribution in [3.05, 3.63) is 83.7 Å². The molecule has 4 rings (SSSR count). The molecule has 4 amide bonds. The molecule has 0 aromatic heterocycles. The van der Waals surface area contributed by atoms with Crippen LogP contribution in [0.4, 0.5) is 25.4 Å². The molecule has 0 aliphatic carbocycles. The summed E-state index contributed by atoms with van der Waals surface area (Å²) in [4.78, 5) is 37.8. The monoisotopic (exact) mass is 476 g/mol. The van der Waals surface area contributed by atoms with Crippen LogP contribution in [0.1, 0.15) is 17.5 Å². The number of carboxylic acid groups (broad SMARTS) is 1. The SMILES string of the molecule is CNC(=O)Nc1ccccc1-c1ccc(CN2C(=O)[C@H](NC(=O)O)CCc3cc(F)ccc32)cc1. The minimum Gasteiger partial charge on any atom is -0.465 e. The lowest BCUT2D eigenvalue weighted by atomic mass is 10.0. The maximum Gasteiger partial charge on any atom is 0.405 e. The number of hydrogen-bond acceptors (Lipinski definition) is 3. The van der Waals surface area contributed by atoms with Crippen molar-refractivity contribution in [2.24, 2.45) is 0 Å². The third-order valence-electron chi connectivity index (χ3n) is 5.90. The number of amides is 4. The number of para-hydroxylation sites is 1. The number of rotatable bonds is 5. The lowest BCUT2D eigenvalue weighted by molar-refractivity contribution is -0.120. The smallest absolute Gasteiger partial charge is 0.405 e. The van der Waals surface area contributed by atoms with Gasteiger partial charge in [0.05, 0.1) is 12.2 Å². The third kappa shape index (κ3) is 5.40. The van der Waals surface area contributed by atoms with E-state index in [2.05, 4.69) is 16.0 Å². The molecule has 0 fully saturated rings. The van der Waals surface area contributed by atoms with Crippen LogP contribution in [0.25, 0.3) is 11.1 Å². The van der Waals surface area contributed by atoms with Gasteiger partial charge in [0.25, 0.3) is 0 Å². The summed E-state index contributed by atoms with van der Waals surface area (Å²) in [5, 5.41) is 16.8. The minimum atomic E-state index is -1.28. The average Bonchev–Trinajstić information content (AvgIpc) is 2.96. The third-order valence-corrected chi connectivity index (χ3v) is 5.90. The molecule has 3 aromatic carbocycles. The zero-order valence-electron chi connectivity index (χ0n) is 19.0. The number of aryl methyl sites for hydroxylation is 1. The number of halogens is 1. The van der Waals surface area contributed by atoms with E-state index in [0.717, 1.165) is 16.7 Å². The second-order valence-electron chi connectivity index (χ2n) is 8.18. The predicted molar refractivity (Wildman–Crippen MR) is 131 cm³/mol. The molecule has 1 heterocycles. The Bertz CT molecular complexity index is 1260.